The summed E-state index contributed by atoms with van der Waals surface area (Å²) in [5, 5.41) is 8.57. The first-order valence-corrected chi connectivity index (χ1v) is 11.3. The molecule has 0 fully saturated rings. The fourth-order valence-corrected chi connectivity index (χ4v) is 3.15. The van der Waals surface area contributed by atoms with Crippen molar-refractivity contribution >= 4 is 5.97 Å². The molecule has 0 spiro atoms. The number of unbranched alkanes of at least 4 members (excludes halogenated alkanes) is 14. The van der Waals surface area contributed by atoms with E-state index in [4.69, 9.17) is 5.11 Å². The van der Waals surface area contributed by atoms with E-state index in [0.29, 0.717) is 6.42 Å². The molecule has 0 aromatic rings. The van der Waals surface area contributed by atoms with Crippen molar-refractivity contribution < 1.29 is 9.90 Å². The van der Waals surface area contributed by atoms with Crippen molar-refractivity contribution in [3.63, 3.8) is 0 Å². The van der Waals surface area contributed by atoms with Crippen LogP contribution >= 0.6 is 0 Å². The molecule has 0 saturated heterocycles. The maximum Gasteiger partial charge on any atom is 0.303 e. The lowest BCUT2D eigenvalue weighted by Gasteiger charge is -2.01. The Hall–Kier alpha value is -1.05. The van der Waals surface area contributed by atoms with Gasteiger partial charge in [-0.3, -0.25) is 4.79 Å². The van der Waals surface area contributed by atoms with E-state index in [-0.39, 0.29) is 0 Å². The SMILES string of the molecule is CCCCCC/C=C\C/C=C\CCCCCCCCCCCCC(=O)O. The van der Waals surface area contributed by atoms with E-state index in [1.54, 1.807) is 0 Å². The Labute approximate surface area is 163 Å². The molecule has 1 N–H and O–H groups in total. The zero-order chi connectivity index (χ0) is 19.1. The molecule has 0 aromatic carbocycles. The third kappa shape index (κ3) is 22.9. The predicted octanol–water partition coefficient (Wildman–Crippen LogP) is 8.23. The quantitative estimate of drug-likeness (QED) is 0.174. The molecular weight excluding hydrogens is 320 g/mol. The first-order chi connectivity index (χ1) is 12.8. The van der Waals surface area contributed by atoms with Crippen molar-refractivity contribution in [3.05, 3.63) is 24.3 Å². The standard InChI is InChI=1S/C24H44O2/c1-2-3-4-5-6-7-8-9-10-11-12-13-14-15-16-17-18-19-20-21-22-23-24(25)26/h7-8,10-11H,2-6,9,12-23H2,1H3,(H,25,26)/b8-7-,11-10-. The van der Waals surface area contributed by atoms with Gasteiger partial charge in [-0.25, -0.2) is 0 Å². The van der Waals surface area contributed by atoms with Crippen molar-refractivity contribution in [1.82, 2.24) is 0 Å². The average Bonchev–Trinajstić information content (AvgIpc) is 2.62. The minimum Gasteiger partial charge on any atom is -0.481 e. The van der Waals surface area contributed by atoms with Gasteiger partial charge in [0.25, 0.3) is 0 Å². The molecule has 0 atom stereocenters. The topological polar surface area (TPSA) is 37.3 Å². The molecule has 0 unspecified atom stereocenters. The highest BCUT2D eigenvalue weighted by Crippen LogP contribution is 2.12. The number of allylic oxidation sites excluding steroid dienone is 4. The van der Waals surface area contributed by atoms with Crippen LogP contribution in [0.1, 0.15) is 122 Å². The molecule has 0 aliphatic carbocycles. The van der Waals surface area contributed by atoms with Crippen LogP contribution in [0.2, 0.25) is 0 Å². The van der Waals surface area contributed by atoms with Gasteiger partial charge < -0.3 is 5.11 Å². The molecule has 0 aliphatic rings. The molecule has 0 amide bonds. The number of hydrogen-bond donors (Lipinski definition) is 1. The molecule has 0 aliphatic heterocycles. The molecule has 0 rings (SSSR count). The number of hydrogen-bond acceptors (Lipinski definition) is 1. The van der Waals surface area contributed by atoms with Gasteiger partial charge in [0.15, 0.2) is 0 Å². The van der Waals surface area contributed by atoms with Gasteiger partial charge in [0, 0.05) is 6.42 Å². The first-order valence-electron chi connectivity index (χ1n) is 11.3. The molecule has 152 valence electrons. The van der Waals surface area contributed by atoms with E-state index in [1.807, 2.05) is 0 Å². The Morgan fingerprint density at radius 2 is 1.04 bits per heavy atom. The number of aliphatic carboxylic acids is 1. The minimum atomic E-state index is -0.658. The Morgan fingerprint density at radius 3 is 1.50 bits per heavy atom. The molecule has 0 radical (unpaired) electrons. The number of rotatable bonds is 20. The summed E-state index contributed by atoms with van der Waals surface area (Å²) in [5.74, 6) is -0.658. The smallest absolute Gasteiger partial charge is 0.303 e. The van der Waals surface area contributed by atoms with Gasteiger partial charge in [-0.1, -0.05) is 102 Å². The third-order valence-electron chi connectivity index (χ3n) is 4.84. The summed E-state index contributed by atoms with van der Waals surface area (Å²) in [6.45, 7) is 2.26. The highest BCUT2D eigenvalue weighted by Gasteiger charge is 1.96. The fraction of sp³-hybridized carbons (Fsp3) is 0.792. The molecule has 0 bridgehead atoms. The Bertz CT molecular complexity index is 344. The zero-order valence-corrected chi connectivity index (χ0v) is 17.4. The molecule has 0 saturated carbocycles. The summed E-state index contributed by atoms with van der Waals surface area (Å²) in [6.07, 6.45) is 31.1. The van der Waals surface area contributed by atoms with Crippen molar-refractivity contribution in [2.24, 2.45) is 0 Å². The summed E-state index contributed by atoms with van der Waals surface area (Å²) in [5.41, 5.74) is 0. The highest BCUT2D eigenvalue weighted by atomic mass is 16.4. The minimum absolute atomic E-state index is 0.337. The van der Waals surface area contributed by atoms with E-state index in [0.717, 1.165) is 19.3 Å². The van der Waals surface area contributed by atoms with Crippen LogP contribution in [0.5, 0.6) is 0 Å². The summed E-state index contributed by atoms with van der Waals surface area (Å²) < 4.78 is 0. The van der Waals surface area contributed by atoms with Crippen molar-refractivity contribution in [3.8, 4) is 0 Å². The summed E-state index contributed by atoms with van der Waals surface area (Å²) in [4.78, 5) is 10.4. The predicted molar refractivity (Wildman–Crippen MR) is 115 cm³/mol. The Balaban J connectivity index is 3.14. The fourth-order valence-electron chi connectivity index (χ4n) is 3.15. The van der Waals surface area contributed by atoms with Crippen LogP contribution in [0, 0.1) is 0 Å². The number of carbonyl (C=O) groups is 1. The van der Waals surface area contributed by atoms with Gasteiger partial charge in [0.05, 0.1) is 0 Å². The zero-order valence-electron chi connectivity index (χ0n) is 17.4. The molecule has 26 heavy (non-hydrogen) atoms. The average molecular weight is 365 g/mol. The number of carboxylic acids is 1. The summed E-state index contributed by atoms with van der Waals surface area (Å²) in [6, 6.07) is 0. The van der Waals surface area contributed by atoms with Gasteiger partial charge in [-0.15, -0.1) is 0 Å². The van der Waals surface area contributed by atoms with E-state index in [2.05, 4.69) is 31.2 Å². The van der Waals surface area contributed by atoms with E-state index >= 15 is 0 Å². The van der Waals surface area contributed by atoms with Crippen LogP contribution in [0.25, 0.3) is 0 Å². The first kappa shape index (κ1) is 24.9. The third-order valence-corrected chi connectivity index (χ3v) is 4.84. The number of carboxylic acid groups (broad SMARTS) is 1. The second kappa shape index (κ2) is 22.0. The lowest BCUT2D eigenvalue weighted by molar-refractivity contribution is -0.137. The van der Waals surface area contributed by atoms with Crippen molar-refractivity contribution in [1.29, 1.82) is 0 Å². The maximum absolute atomic E-state index is 10.4. The molecular formula is C24H44O2. The molecule has 2 nitrogen and oxygen atoms in total. The molecule has 2 heteroatoms. The van der Waals surface area contributed by atoms with Crippen LogP contribution in [-0.2, 0) is 4.79 Å². The Kier molecular flexibility index (Phi) is 21.1. The normalized spacial score (nSPS) is 11.7. The molecule has 0 heterocycles. The van der Waals surface area contributed by atoms with Crippen molar-refractivity contribution in [2.75, 3.05) is 0 Å². The van der Waals surface area contributed by atoms with Crippen LogP contribution < -0.4 is 0 Å². The molecule has 0 aromatic heterocycles. The lowest BCUT2D eigenvalue weighted by atomic mass is 10.1. The van der Waals surface area contributed by atoms with Crippen LogP contribution in [-0.4, -0.2) is 11.1 Å². The van der Waals surface area contributed by atoms with E-state index in [1.165, 1.54) is 89.9 Å². The second-order valence-electron chi connectivity index (χ2n) is 7.50. The summed E-state index contributed by atoms with van der Waals surface area (Å²) in [7, 11) is 0. The van der Waals surface area contributed by atoms with Crippen molar-refractivity contribution in [2.45, 2.75) is 122 Å². The van der Waals surface area contributed by atoms with E-state index < -0.39 is 5.97 Å². The van der Waals surface area contributed by atoms with Crippen LogP contribution in [0.3, 0.4) is 0 Å². The van der Waals surface area contributed by atoms with Gasteiger partial charge >= 0.3 is 5.97 Å². The van der Waals surface area contributed by atoms with Gasteiger partial charge in [0.1, 0.15) is 0 Å². The Morgan fingerprint density at radius 1 is 0.615 bits per heavy atom. The monoisotopic (exact) mass is 364 g/mol. The van der Waals surface area contributed by atoms with Crippen LogP contribution in [0.15, 0.2) is 24.3 Å². The second-order valence-corrected chi connectivity index (χ2v) is 7.50. The van der Waals surface area contributed by atoms with E-state index in [9.17, 15) is 4.79 Å². The van der Waals surface area contributed by atoms with Crippen LogP contribution in [0.4, 0.5) is 0 Å². The highest BCUT2D eigenvalue weighted by molar-refractivity contribution is 5.66. The largest absolute Gasteiger partial charge is 0.481 e. The van der Waals surface area contributed by atoms with Gasteiger partial charge in [0.2, 0.25) is 0 Å². The summed E-state index contributed by atoms with van der Waals surface area (Å²) >= 11 is 0. The lowest BCUT2D eigenvalue weighted by Crippen LogP contribution is -1.93. The van der Waals surface area contributed by atoms with Gasteiger partial charge in [-0.2, -0.15) is 0 Å². The maximum atomic E-state index is 10.4. The van der Waals surface area contributed by atoms with Gasteiger partial charge in [-0.05, 0) is 38.5 Å².